The summed E-state index contributed by atoms with van der Waals surface area (Å²) < 4.78 is 6.95. The van der Waals surface area contributed by atoms with Gasteiger partial charge in [0.1, 0.15) is 0 Å². The van der Waals surface area contributed by atoms with Crippen LogP contribution in [-0.4, -0.2) is 57.4 Å². The van der Waals surface area contributed by atoms with Crippen LogP contribution in [0.1, 0.15) is 90.0 Å². The topological polar surface area (TPSA) is 30.0 Å². The predicted molar refractivity (Wildman–Crippen MR) is 173 cm³/mol. The van der Waals surface area contributed by atoms with E-state index in [1.54, 1.807) is 0 Å². The largest absolute Gasteiger partial charge is 0.396 e. The zero-order valence-corrected chi connectivity index (χ0v) is 29.4. The van der Waals surface area contributed by atoms with Gasteiger partial charge in [-0.1, -0.05) is 71.5 Å². The van der Waals surface area contributed by atoms with Gasteiger partial charge in [0.2, 0.25) is 0 Å². The van der Waals surface area contributed by atoms with E-state index in [0.29, 0.717) is 5.92 Å². The van der Waals surface area contributed by atoms with E-state index in [0.717, 1.165) is 41.7 Å². The van der Waals surface area contributed by atoms with Gasteiger partial charge in [0, 0.05) is 49.9 Å². The van der Waals surface area contributed by atoms with Crippen molar-refractivity contribution >= 4 is 28.2 Å². The van der Waals surface area contributed by atoms with Crippen LogP contribution in [0, 0.1) is 35.5 Å². The molecule has 0 aromatic heterocycles. The molecule has 0 aliphatic carbocycles. The molecule has 0 amide bonds. The van der Waals surface area contributed by atoms with E-state index in [1.807, 2.05) is 6.92 Å². The van der Waals surface area contributed by atoms with Crippen molar-refractivity contribution in [1.29, 1.82) is 0 Å². The van der Waals surface area contributed by atoms with Crippen LogP contribution in [0.25, 0.3) is 0 Å². The molecular formula is C29H62N3OP3. The van der Waals surface area contributed by atoms with Crippen LogP contribution in [0.5, 0.6) is 0 Å². The van der Waals surface area contributed by atoms with Crippen molar-refractivity contribution in [3.05, 3.63) is 22.4 Å². The third-order valence-electron chi connectivity index (χ3n) is 9.37. The van der Waals surface area contributed by atoms with Crippen molar-refractivity contribution in [3.63, 3.8) is 0 Å². The standard InChI is InChI=1S/C8H16O.2C7H16NP.C7H14NP/c1-6(2)8(4)7(3)5-9;3*1-5-4-8(9)7(3)6(5)2/h7,9H,5H2,1-4H3;2*5-7H,4,9H2,1-3H3;5H,4,9H2,1-3H3/t7-;2*5-,6-,7-;5-/m1111/s1. The fraction of sp³-hybridized carbons (Fsp3) is 0.862. The van der Waals surface area contributed by atoms with E-state index >= 15 is 0 Å². The molecule has 2 fully saturated rings. The minimum absolute atomic E-state index is 0.261. The number of rotatable bonds is 2. The maximum absolute atomic E-state index is 8.72. The molecule has 7 heteroatoms. The van der Waals surface area contributed by atoms with Gasteiger partial charge in [-0.05, 0) is 93.0 Å². The van der Waals surface area contributed by atoms with Crippen LogP contribution in [0.2, 0.25) is 0 Å². The van der Waals surface area contributed by atoms with Crippen LogP contribution in [-0.2, 0) is 0 Å². The Kier molecular flexibility index (Phi) is 17.4. The highest BCUT2D eigenvalue weighted by atomic mass is 31.0. The van der Waals surface area contributed by atoms with Gasteiger partial charge in [-0.15, -0.1) is 0 Å². The first kappa shape index (κ1) is 36.5. The second-order valence-corrected chi connectivity index (χ2v) is 14.1. The van der Waals surface area contributed by atoms with Crippen molar-refractivity contribution in [2.75, 3.05) is 26.2 Å². The molecule has 3 aliphatic rings. The van der Waals surface area contributed by atoms with E-state index in [4.69, 9.17) is 5.11 Å². The van der Waals surface area contributed by atoms with Crippen LogP contribution >= 0.6 is 28.2 Å². The summed E-state index contributed by atoms with van der Waals surface area (Å²) in [5.74, 6) is 4.55. The molecule has 0 aromatic rings. The number of aliphatic hydroxyl groups excluding tert-OH is 1. The maximum atomic E-state index is 8.72. The zero-order valence-electron chi connectivity index (χ0n) is 26.0. The number of allylic oxidation sites excluding steroid dienone is 2. The zero-order chi connectivity index (χ0) is 28.5. The normalized spacial score (nSPS) is 33.2. The molecule has 3 aliphatic heterocycles. The Labute approximate surface area is 233 Å². The third kappa shape index (κ3) is 11.3. The van der Waals surface area contributed by atoms with Crippen LogP contribution < -0.4 is 0 Å². The molecule has 4 nitrogen and oxygen atoms in total. The molecule has 0 radical (unpaired) electrons. The third-order valence-corrected chi connectivity index (χ3v) is 11.3. The molecule has 3 unspecified atom stereocenters. The van der Waals surface area contributed by atoms with E-state index in [-0.39, 0.29) is 6.61 Å². The van der Waals surface area contributed by atoms with E-state index in [2.05, 4.69) is 125 Å². The first-order chi connectivity index (χ1) is 16.5. The molecule has 3 heterocycles. The first-order valence-corrected chi connectivity index (χ1v) is 15.5. The lowest BCUT2D eigenvalue weighted by atomic mass is 9.95. The minimum atomic E-state index is 0.261. The molecule has 3 rings (SSSR count). The first-order valence-electron chi connectivity index (χ1n) is 13.9. The molecule has 0 aromatic carbocycles. The van der Waals surface area contributed by atoms with Crippen molar-refractivity contribution in [1.82, 2.24) is 14.0 Å². The highest BCUT2D eigenvalue weighted by Gasteiger charge is 2.31. The molecule has 0 saturated carbocycles. The summed E-state index contributed by atoms with van der Waals surface area (Å²) in [6.45, 7) is 32.7. The molecule has 2 saturated heterocycles. The monoisotopic (exact) mass is 561 g/mol. The Morgan fingerprint density at radius 2 is 1.19 bits per heavy atom. The number of hydrogen-bond donors (Lipinski definition) is 1. The smallest absolute Gasteiger partial charge is 0.0493 e. The molecule has 0 spiro atoms. The van der Waals surface area contributed by atoms with Crippen molar-refractivity contribution in [2.45, 2.75) is 102 Å². The van der Waals surface area contributed by atoms with Crippen LogP contribution in [0.3, 0.4) is 0 Å². The van der Waals surface area contributed by atoms with Gasteiger partial charge in [-0.25, -0.2) is 0 Å². The van der Waals surface area contributed by atoms with Gasteiger partial charge in [0.15, 0.2) is 0 Å². The van der Waals surface area contributed by atoms with Gasteiger partial charge < -0.3 is 9.78 Å². The highest BCUT2D eigenvalue weighted by molar-refractivity contribution is 7.13. The molecule has 11 atom stereocenters. The Morgan fingerprint density at radius 1 is 0.806 bits per heavy atom. The molecule has 36 heavy (non-hydrogen) atoms. The summed E-state index contributed by atoms with van der Waals surface area (Å²) in [5, 5.41) is 8.72. The summed E-state index contributed by atoms with van der Waals surface area (Å²) in [6.07, 6.45) is 0. The molecular weight excluding hydrogens is 499 g/mol. The fourth-order valence-electron chi connectivity index (χ4n) is 4.67. The molecule has 0 bridgehead atoms. The van der Waals surface area contributed by atoms with Gasteiger partial charge in [-0.2, -0.15) is 0 Å². The summed E-state index contributed by atoms with van der Waals surface area (Å²) in [7, 11) is 8.32. The Balaban J connectivity index is 0.000000454. The predicted octanol–water partition coefficient (Wildman–Crippen LogP) is 7.50. The SMILES string of the molecule is CC(C)=C(C)[C@H](C)CO.CC1=C(C)N(P)C[C@H]1C.C[C@@H]1[C@H](C)CN(P)[C@@H]1C.C[C@@H]1[C@H](C)CN(P)[C@@H]1C. The second kappa shape index (κ2) is 17.2. The second-order valence-electron chi connectivity index (χ2n) is 12.1. The Bertz CT molecular complexity index is 644. The van der Waals surface area contributed by atoms with Gasteiger partial charge >= 0.3 is 0 Å². The molecule has 1 N–H and O–H groups in total. The van der Waals surface area contributed by atoms with Crippen LogP contribution in [0.15, 0.2) is 22.4 Å². The lowest BCUT2D eigenvalue weighted by molar-refractivity contribution is 0.255. The number of aliphatic hydroxyl groups is 1. The van der Waals surface area contributed by atoms with Crippen molar-refractivity contribution in [2.24, 2.45) is 35.5 Å². The number of hydrogen-bond acceptors (Lipinski definition) is 4. The quantitative estimate of drug-likeness (QED) is 0.279. The average molecular weight is 562 g/mol. The van der Waals surface area contributed by atoms with Gasteiger partial charge in [0.25, 0.3) is 0 Å². The minimum Gasteiger partial charge on any atom is -0.396 e. The van der Waals surface area contributed by atoms with E-state index in [1.165, 1.54) is 42.1 Å². The summed E-state index contributed by atoms with van der Waals surface area (Å²) in [5.41, 5.74) is 5.58. The fourth-order valence-corrected chi connectivity index (χ4v) is 6.39. The maximum Gasteiger partial charge on any atom is 0.0493 e. The van der Waals surface area contributed by atoms with Crippen LogP contribution in [0.4, 0.5) is 0 Å². The van der Waals surface area contributed by atoms with Crippen molar-refractivity contribution in [3.8, 4) is 0 Å². The summed E-state index contributed by atoms with van der Waals surface area (Å²) in [4.78, 5) is 0. The Hall–Kier alpha value is 0.450. The summed E-state index contributed by atoms with van der Waals surface area (Å²) >= 11 is 0. The average Bonchev–Trinajstić information content (AvgIpc) is 3.29. The van der Waals surface area contributed by atoms with Gasteiger partial charge in [0.05, 0.1) is 0 Å². The highest BCUT2D eigenvalue weighted by Crippen LogP contribution is 2.32. The van der Waals surface area contributed by atoms with Gasteiger partial charge in [-0.3, -0.25) is 9.34 Å². The lowest BCUT2D eigenvalue weighted by Gasteiger charge is -2.16. The molecule has 214 valence electrons. The summed E-state index contributed by atoms with van der Waals surface area (Å²) in [6, 6.07) is 1.51. The van der Waals surface area contributed by atoms with E-state index in [9.17, 15) is 0 Å². The van der Waals surface area contributed by atoms with Crippen molar-refractivity contribution < 1.29 is 5.11 Å². The lowest BCUT2D eigenvalue weighted by Crippen LogP contribution is -2.18. The number of nitrogens with zero attached hydrogens (tertiary/aromatic N) is 3. The van der Waals surface area contributed by atoms with E-state index < -0.39 is 0 Å². The Morgan fingerprint density at radius 3 is 1.28 bits per heavy atom.